The Morgan fingerprint density at radius 1 is 1.07 bits per heavy atom. The number of morpholine rings is 1. The number of rotatable bonds is 8. The van der Waals surface area contributed by atoms with Crippen LogP contribution in [0.3, 0.4) is 0 Å². The van der Waals surface area contributed by atoms with Crippen LogP contribution in [0.2, 0.25) is 0 Å². The molecule has 1 saturated heterocycles. The van der Waals surface area contributed by atoms with Crippen LogP contribution in [0, 0.1) is 0 Å². The SMILES string of the molecule is COc1ccc(S(=O)(=O)N2CCOCC2)cc1CCC(=O)Nc1ccccc1OC. The molecule has 3 rings (SSSR count). The van der Waals surface area contributed by atoms with Crippen molar-refractivity contribution in [2.45, 2.75) is 17.7 Å². The summed E-state index contributed by atoms with van der Waals surface area (Å²) in [7, 11) is -0.569. The second kappa shape index (κ2) is 9.92. The number of amides is 1. The van der Waals surface area contributed by atoms with Crippen LogP contribution in [0.25, 0.3) is 0 Å². The molecule has 30 heavy (non-hydrogen) atoms. The molecule has 1 fully saturated rings. The van der Waals surface area contributed by atoms with Gasteiger partial charge in [0.05, 0.1) is 38.0 Å². The Bertz CT molecular complexity index is 987. The summed E-state index contributed by atoms with van der Waals surface area (Å²) in [6.07, 6.45) is 0.492. The molecule has 0 atom stereocenters. The van der Waals surface area contributed by atoms with Gasteiger partial charge in [0.15, 0.2) is 0 Å². The quantitative estimate of drug-likeness (QED) is 0.685. The molecule has 9 heteroatoms. The number of nitrogens with one attached hydrogen (secondary N) is 1. The highest BCUT2D eigenvalue weighted by Crippen LogP contribution is 2.27. The molecule has 1 heterocycles. The predicted octanol–water partition coefficient (Wildman–Crippen LogP) is 2.30. The van der Waals surface area contributed by atoms with E-state index in [9.17, 15) is 13.2 Å². The van der Waals surface area contributed by atoms with Crippen molar-refractivity contribution in [2.75, 3.05) is 45.8 Å². The van der Waals surface area contributed by atoms with E-state index in [2.05, 4.69) is 5.32 Å². The Hall–Kier alpha value is -2.62. The van der Waals surface area contributed by atoms with Gasteiger partial charge in [-0.25, -0.2) is 8.42 Å². The lowest BCUT2D eigenvalue weighted by atomic mass is 10.1. The number of carbonyl (C=O) groups excluding carboxylic acids is 1. The fraction of sp³-hybridized carbons (Fsp3) is 0.381. The zero-order valence-corrected chi connectivity index (χ0v) is 17.9. The third-order valence-electron chi connectivity index (χ3n) is 4.86. The predicted molar refractivity (Wildman–Crippen MR) is 113 cm³/mol. The lowest BCUT2D eigenvalue weighted by Crippen LogP contribution is -2.40. The Labute approximate surface area is 176 Å². The van der Waals surface area contributed by atoms with Gasteiger partial charge < -0.3 is 19.5 Å². The maximum absolute atomic E-state index is 12.9. The first kappa shape index (κ1) is 22.1. The summed E-state index contributed by atoms with van der Waals surface area (Å²) in [4.78, 5) is 12.6. The molecule has 0 radical (unpaired) electrons. The number of hydrogen-bond donors (Lipinski definition) is 1. The van der Waals surface area contributed by atoms with Gasteiger partial charge in [0.1, 0.15) is 11.5 Å². The molecule has 1 amide bonds. The van der Waals surface area contributed by atoms with Crippen molar-refractivity contribution in [3.8, 4) is 11.5 Å². The number of carbonyl (C=O) groups is 1. The number of nitrogens with zero attached hydrogens (tertiary/aromatic N) is 1. The maximum atomic E-state index is 12.9. The number of ether oxygens (including phenoxy) is 3. The molecule has 8 nitrogen and oxygen atoms in total. The van der Waals surface area contributed by atoms with Crippen molar-refractivity contribution in [3.05, 3.63) is 48.0 Å². The van der Waals surface area contributed by atoms with E-state index in [1.807, 2.05) is 6.07 Å². The first-order valence-corrected chi connectivity index (χ1v) is 11.1. The number of para-hydroxylation sites is 2. The smallest absolute Gasteiger partial charge is 0.243 e. The molecular weight excluding hydrogens is 408 g/mol. The molecule has 162 valence electrons. The lowest BCUT2D eigenvalue weighted by molar-refractivity contribution is -0.116. The first-order valence-electron chi connectivity index (χ1n) is 9.63. The summed E-state index contributed by atoms with van der Waals surface area (Å²) in [5.74, 6) is 0.908. The van der Waals surface area contributed by atoms with Gasteiger partial charge in [-0.05, 0) is 42.3 Å². The second-order valence-electron chi connectivity index (χ2n) is 6.74. The molecule has 2 aromatic carbocycles. The van der Waals surface area contributed by atoms with Crippen LogP contribution in [0.4, 0.5) is 5.69 Å². The number of hydrogen-bond acceptors (Lipinski definition) is 6. The van der Waals surface area contributed by atoms with Gasteiger partial charge in [-0.15, -0.1) is 0 Å². The number of anilines is 1. The minimum absolute atomic E-state index is 0.162. The van der Waals surface area contributed by atoms with E-state index in [1.165, 1.54) is 24.6 Å². The van der Waals surface area contributed by atoms with Crippen molar-refractivity contribution in [1.29, 1.82) is 0 Å². The topological polar surface area (TPSA) is 94.2 Å². The fourth-order valence-corrected chi connectivity index (χ4v) is 4.71. The van der Waals surface area contributed by atoms with E-state index >= 15 is 0 Å². The Kier molecular flexibility index (Phi) is 7.30. The third kappa shape index (κ3) is 5.10. The van der Waals surface area contributed by atoms with E-state index in [0.717, 1.165) is 0 Å². The highest BCUT2D eigenvalue weighted by Gasteiger charge is 2.27. The van der Waals surface area contributed by atoms with E-state index in [-0.39, 0.29) is 17.2 Å². The summed E-state index contributed by atoms with van der Waals surface area (Å²) in [6, 6.07) is 11.9. The van der Waals surface area contributed by atoms with Crippen LogP contribution in [0.15, 0.2) is 47.4 Å². The van der Waals surface area contributed by atoms with Crippen LogP contribution < -0.4 is 14.8 Å². The monoisotopic (exact) mass is 434 g/mol. The number of aryl methyl sites for hydroxylation is 1. The normalized spacial score (nSPS) is 14.9. The summed E-state index contributed by atoms with van der Waals surface area (Å²) >= 11 is 0. The average molecular weight is 435 g/mol. The van der Waals surface area contributed by atoms with Gasteiger partial charge in [-0.1, -0.05) is 12.1 Å². The molecule has 0 unspecified atom stereocenters. The van der Waals surface area contributed by atoms with Gasteiger partial charge in [0.25, 0.3) is 0 Å². The molecule has 0 bridgehead atoms. The lowest BCUT2D eigenvalue weighted by Gasteiger charge is -2.26. The van der Waals surface area contributed by atoms with E-state index in [0.29, 0.717) is 55.5 Å². The molecule has 0 aliphatic carbocycles. The molecular formula is C21H26N2O6S. The van der Waals surface area contributed by atoms with Gasteiger partial charge in [0, 0.05) is 19.5 Å². The number of methoxy groups -OCH3 is 2. The molecule has 1 aliphatic heterocycles. The molecule has 1 aliphatic rings. The Morgan fingerprint density at radius 2 is 1.77 bits per heavy atom. The van der Waals surface area contributed by atoms with Crippen LogP contribution in [0.5, 0.6) is 11.5 Å². The molecule has 0 spiro atoms. The Morgan fingerprint density at radius 3 is 2.47 bits per heavy atom. The van der Waals surface area contributed by atoms with Gasteiger partial charge >= 0.3 is 0 Å². The van der Waals surface area contributed by atoms with Crippen LogP contribution in [-0.2, 0) is 26.0 Å². The Balaban J connectivity index is 1.73. The van der Waals surface area contributed by atoms with Crippen molar-refractivity contribution in [2.24, 2.45) is 0 Å². The molecule has 0 aromatic heterocycles. The molecule has 1 N–H and O–H groups in total. The highest BCUT2D eigenvalue weighted by molar-refractivity contribution is 7.89. The van der Waals surface area contributed by atoms with Crippen molar-refractivity contribution >= 4 is 21.6 Å². The zero-order valence-electron chi connectivity index (χ0n) is 17.1. The highest BCUT2D eigenvalue weighted by atomic mass is 32.2. The van der Waals surface area contributed by atoms with Gasteiger partial charge in [-0.3, -0.25) is 4.79 Å². The standard InChI is InChI=1S/C21H26N2O6S/c1-27-19-9-8-17(30(25,26)23-11-13-29-14-12-23)15-16(19)7-10-21(24)22-18-5-3-4-6-20(18)28-2/h3-6,8-9,15H,7,10-14H2,1-2H3,(H,22,24). The largest absolute Gasteiger partial charge is 0.496 e. The van der Waals surface area contributed by atoms with Crippen LogP contribution in [-0.4, -0.2) is 59.2 Å². The third-order valence-corrected chi connectivity index (χ3v) is 6.76. The summed E-state index contributed by atoms with van der Waals surface area (Å²) < 4.78 is 43.1. The average Bonchev–Trinajstić information content (AvgIpc) is 2.78. The van der Waals surface area contributed by atoms with E-state index in [4.69, 9.17) is 14.2 Å². The van der Waals surface area contributed by atoms with E-state index < -0.39 is 10.0 Å². The zero-order chi connectivity index (χ0) is 21.6. The molecule has 0 saturated carbocycles. The second-order valence-corrected chi connectivity index (χ2v) is 8.68. The maximum Gasteiger partial charge on any atom is 0.243 e. The van der Waals surface area contributed by atoms with Crippen LogP contribution >= 0.6 is 0 Å². The summed E-state index contributed by atoms with van der Waals surface area (Å²) in [6.45, 7) is 1.41. The van der Waals surface area contributed by atoms with Gasteiger partial charge in [-0.2, -0.15) is 4.31 Å². The number of sulfonamides is 1. The summed E-state index contributed by atoms with van der Waals surface area (Å²) in [5, 5.41) is 2.82. The van der Waals surface area contributed by atoms with Crippen molar-refractivity contribution < 1.29 is 27.4 Å². The van der Waals surface area contributed by atoms with E-state index in [1.54, 1.807) is 30.3 Å². The van der Waals surface area contributed by atoms with Crippen molar-refractivity contribution in [3.63, 3.8) is 0 Å². The van der Waals surface area contributed by atoms with Gasteiger partial charge in [0.2, 0.25) is 15.9 Å². The van der Waals surface area contributed by atoms with Crippen molar-refractivity contribution in [1.82, 2.24) is 4.31 Å². The fourth-order valence-electron chi connectivity index (χ4n) is 3.26. The number of benzene rings is 2. The molecule has 2 aromatic rings. The summed E-state index contributed by atoms with van der Waals surface area (Å²) in [5.41, 5.74) is 1.24. The first-order chi connectivity index (χ1) is 14.5. The minimum Gasteiger partial charge on any atom is -0.496 e. The van der Waals surface area contributed by atoms with Crippen LogP contribution in [0.1, 0.15) is 12.0 Å². The minimum atomic E-state index is -3.62.